The molecule has 0 amide bonds. The summed E-state index contributed by atoms with van der Waals surface area (Å²) in [4.78, 5) is 17.1. The zero-order valence-corrected chi connectivity index (χ0v) is 18.1. The zero-order chi connectivity index (χ0) is 21.1. The first-order chi connectivity index (χ1) is 15.2. The molecule has 158 valence electrons. The molecule has 5 rings (SSSR count). The Kier molecular flexibility index (Phi) is 5.53. The van der Waals surface area contributed by atoms with Crippen LogP contribution in [-0.4, -0.2) is 45.3 Å². The van der Waals surface area contributed by atoms with Crippen molar-refractivity contribution < 1.29 is 5.11 Å². The van der Waals surface area contributed by atoms with E-state index in [0.717, 1.165) is 47.7 Å². The first-order valence-corrected chi connectivity index (χ1v) is 11.5. The Morgan fingerprint density at radius 2 is 1.81 bits per heavy atom. The van der Waals surface area contributed by atoms with Crippen molar-refractivity contribution in [1.82, 2.24) is 15.0 Å². The van der Waals surface area contributed by atoms with E-state index in [1.54, 1.807) is 17.5 Å². The molecule has 6 nitrogen and oxygen atoms in total. The summed E-state index contributed by atoms with van der Waals surface area (Å²) in [7, 11) is 0. The fourth-order valence-electron chi connectivity index (χ4n) is 4.08. The second kappa shape index (κ2) is 8.61. The number of aromatic nitrogens is 3. The van der Waals surface area contributed by atoms with Gasteiger partial charge in [0, 0.05) is 31.5 Å². The molecule has 0 bridgehead atoms. The van der Waals surface area contributed by atoms with Gasteiger partial charge in [-0.25, -0.2) is 9.97 Å². The van der Waals surface area contributed by atoms with Gasteiger partial charge in [-0.2, -0.15) is 0 Å². The Balaban J connectivity index is 1.25. The summed E-state index contributed by atoms with van der Waals surface area (Å²) in [6.07, 6.45) is 3.96. The number of benzene rings is 1. The van der Waals surface area contributed by atoms with Gasteiger partial charge in [0.05, 0.1) is 11.0 Å². The van der Waals surface area contributed by atoms with Gasteiger partial charge in [-0.05, 0) is 55.0 Å². The molecule has 4 aromatic rings. The third-order valence-corrected chi connectivity index (χ3v) is 6.72. The van der Waals surface area contributed by atoms with E-state index in [0.29, 0.717) is 18.8 Å². The van der Waals surface area contributed by atoms with E-state index < -0.39 is 5.60 Å². The Morgan fingerprint density at radius 3 is 2.58 bits per heavy atom. The summed E-state index contributed by atoms with van der Waals surface area (Å²) in [6, 6.07) is 18.2. The number of aliphatic hydroxyl groups is 1. The van der Waals surface area contributed by atoms with Gasteiger partial charge in [0.15, 0.2) is 5.82 Å². The summed E-state index contributed by atoms with van der Waals surface area (Å²) in [5, 5.41) is 17.6. The Morgan fingerprint density at radius 1 is 1.00 bits per heavy atom. The van der Waals surface area contributed by atoms with Gasteiger partial charge >= 0.3 is 0 Å². The highest BCUT2D eigenvalue weighted by Crippen LogP contribution is 2.30. The SMILES string of the molecule is OC1(CCNc2nc(-c3ccccn3)nc3sccc23)CCN(c2ccccc2)CC1. The van der Waals surface area contributed by atoms with Gasteiger partial charge in [0.25, 0.3) is 0 Å². The van der Waals surface area contributed by atoms with Crippen LogP contribution in [0.1, 0.15) is 19.3 Å². The highest BCUT2D eigenvalue weighted by atomic mass is 32.1. The van der Waals surface area contributed by atoms with Crippen molar-refractivity contribution in [3.8, 4) is 11.5 Å². The second-order valence-electron chi connectivity index (χ2n) is 7.97. The zero-order valence-electron chi connectivity index (χ0n) is 17.2. The van der Waals surface area contributed by atoms with Crippen molar-refractivity contribution in [2.75, 3.05) is 29.9 Å². The molecule has 1 aliphatic heterocycles. The minimum atomic E-state index is -0.650. The van der Waals surface area contributed by atoms with Gasteiger partial charge < -0.3 is 15.3 Å². The molecule has 0 spiro atoms. The van der Waals surface area contributed by atoms with Gasteiger partial charge in [-0.15, -0.1) is 11.3 Å². The van der Waals surface area contributed by atoms with Crippen LogP contribution in [0.2, 0.25) is 0 Å². The number of para-hydroxylation sites is 1. The molecule has 1 aliphatic rings. The number of nitrogens with one attached hydrogen (secondary N) is 1. The summed E-state index contributed by atoms with van der Waals surface area (Å²) < 4.78 is 0. The third-order valence-electron chi connectivity index (χ3n) is 5.92. The number of fused-ring (bicyclic) bond motifs is 1. The van der Waals surface area contributed by atoms with E-state index in [2.05, 4.69) is 44.5 Å². The van der Waals surface area contributed by atoms with Gasteiger partial charge in [-0.1, -0.05) is 24.3 Å². The van der Waals surface area contributed by atoms with E-state index in [1.807, 2.05) is 35.7 Å². The molecule has 0 aliphatic carbocycles. The molecular weight excluding hydrogens is 406 g/mol. The molecule has 2 N–H and O–H groups in total. The van der Waals surface area contributed by atoms with Crippen LogP contribution in [0.5, 0.6) is 0 Å². The molecule has 0 atom stereocenters. The fourth-order valence-corrected chi connectivity index (χ4v) is 4.85. The molecule has 0 unspecified atom stereocenters. The Hall–Kier alpha value is -3.03. The fraction of sp³-hybridized carbons (Fsp3) is 0.292. The summed E-state index contributed by atoms with van der Waals surface area (Å²) in [6.45, 7) is 2.39. The maximum Gasteiger partial charge on any atom is 0.181 e. The number of piperidine rings is 1. The van der Waals surface area contributed by atoms with E-state index in [1.165, 1.54) is 5.69 Å². The number of rotatable bonds is 6. The van der Waals surface area contributed by atoms with Crippen LogP contribution in [0.15, 0.2) is 66.2 Å². The molecule has 1 fully saturated rings. The van der Waals surface area contributed by atoms with Crippen LogP contribution in [0.4, 0.5) is 11.5 Å². The normalized spacial score (nSPS) is 15.8. The first-order valence-electron chi connectivity index (χ1n) is 10.6. The first kappa shape index (κ1) is 19.9. The van der Waals surface area contributed by atoms with Crippen molar-refractivity contribution in [3.05, 3.63) is 66.2 Å². The van der Waals surface area contributed by atoms with E-state index >= 15 is 0 Å². The Labute approximate surface area is 185 Å². The molecule has 1 saturated heterocycles. The standard InChI is InChI=1S/C24H25N5OS/c30-24(11-15-29(16-12-24)18-6-2-1-3-7-18)10-14-26-21-19-9-17-31-23(19)28-22(27-21)20-8-4-5-13-25-20/h1-9,13,17,30H,10-12,14-16H2,(H,26,27,28). The maximum atomic E-state index is 11.1. The number of hydrogen-bond acceptors (Lipinski definition) is 7. The molecular formula is C24H25N5OS. The minimum Gasteiger partial charge on any atom is -0.390 e. The van der Waals surface area contributed by atoms with Gasteiger partial charge in [0.2, 0.25) is 0 Å². The van der Waals surface area contributed by atoms with Gasteiger partial charge in [-0.3, -0.25) is 4.98 Å². The highest BCUT2D eigenvalue weighted by Gasteiger charge is 2.32. The van der Waals surface area contributed by atoms with E-state index in [9.17, 15) is 5.11 Å². The van der Waals surface area contributed by atoms with Crippen LogP contribution in [0.25, 0.3) is 21.7 Å². The third kappa shape index (κ3) is 4.38. The summed E-state index contributed by atoms with van der Waals surface area (Å²) >= 11 is 1.60. The van der Waals surface area contributed by atoms with Crippen molar-refractivity contribution in [1.29, 1.82) is 0 Å². The summed E-state index contributed by atoms with van der Waals surface area (Å²) in [5.41, 5.74) is 1.33. The molecule has 7 heteroatoms. The predicted octanol–water partition coefficient (Wildman–Crippen LogP) is 4.59. The highest BCUT2D eigenvalue weighted by molar-refractivity contribution is 7.16. The molecule has 31 heavy (non-hydrogen) atoms. The van der Waals surface area contributed by atoms with E-state index in [4.69, 9.17) is 4.98 Å². The second-order valence-corrected chi connectivity index (χ2v) is 8.87. The number of pyridine rings is 1. The summed E-state index contributed by atoms with van der Waals surface area (Å²) in [5.74, 6) is 1.42. The van der Waals surface area contributed by atoms with Crippen molar-refractivity contribution in [2.45, 2.75) is 24.9 Å². The van der Waals surface area contributed by atoms with Gasteiger partial charge in [0.1, 0.15) is 16.3 Å². The molecule has 0 saturated carbocycles. The van der Waals surface area contributed by atoms with Crippen LogP contribution < -0.4 is 10.2 Å². The van der Waals surface area contributed by atoms with Crippen LogP contribution >= 0.6 is 11.3 Å². The lowest BCUT2D eigenvalue weighted by molar-refractivity contribution is 0.0113. The van der Waals surface area contributed by atoms with Crippen molar-refractivity contribution in [2.24, 2.45) is 0 Å². The number of nitrogens with zero attached hydrogens (tertiary/aromatic N) is 4. The average molecular weight is 432 g/mol. The van der Waals surface area contributed by atoms with Crippen molar-refractivity contribution >= 4 is 33.1 Å². The number of anilines is 2. The van der Waals surface area contributed by atoms with E-state index in [-0.39, 0.29) is 0 Å². The average Bonchev–Trinajstić information content (AvgIpc) is 3.30. The quantitative estimate of drug-likeness (QED) is 0.465. The maximum absolute atomic E-state index is 11.1. The number of hydrogen-bond donors (Lipinski definition) is 2. The Bertz CT molecular complexity index is 1140. The lowest BCUT2D eigenvalue weighted by Crippen LogP contribution is -2.45. The minimum absolute atomic E-state index is 0.618. The largest absolute Gasteiger partial charge is 0.390 e. The molecule has 3 aromatic heterocycles. The number of thiophene rings is 1. The smallest absolute Gasteiger partial charge is 0.181 e. The van der Waals surface area contributed by atoms with Crippen LogP contribution in [-0.2, 0) is 0 Å². The lowest BCUT2D eigenvalue weighted by Gasteiger charge is -2.39. The molecule has 1 aromatic carbocycles. The van der Waals surface area contributed by atoms with Crippen molar-refractivity contribution in [3.63, 3.8) is 0 Å². The molecule has 0 radical (unpaired) electrons. The molecule has 4 heterocycles. The van der Waals surface area contributed by atoms with Crippen LogP contribution in [0.3, 0.4) is 0 Å². The lowest BCUT2D eigenvalue weighted by atomic mass is 9.88. The topological polar surface area (TPSA) is 74.2 Å². The predicted molar refractivity (Wildman–Crippen MR) is 127 cm³/mol. The monoisotopic (exact) mass is 431 g/mol. The van der Waals surface area contributed by atoms with Crippen LogP contribution in [0, 0.1) is 0 Å².